The lowest BCUT2D eigenvalue weighted by Gasteiger charge is -2.27. The smallest absolute Gasteiger partial charge is 0.232 e. The summed E-state index contributed by atoms with van der Waals surface area (Å²) in [6, 6.07) is 10.5. The average molecular weight is 421 g/mol. The van der Waals surface area contributed by atoms with E-state index >= 15 is 0 Å². The lowest BCUT2D eigenvalue weighted by molar-refractivity contribution is -0.0509. The molecule has 8 heteroatoms. The van der Waals surface area contributed by atoms with Crippen LogP contribution < -0.4 is 10.1 Å². The van der Waals surface area contributed by atoms with E-state index < -0.39 is 6.29 Å². The SMILES string of the molecule is CCOC1Oc2ccc(Cl)cc2C(=O)/C1=C\Nc1nc2c(Cl)cccc2s1. The van der Waals surface area contributed by atoms with Gasteiger partial charge >= 0.3 is 0 Å². The number of ketones is 1. The van der Waals surface area contributed by atoms with Crippen LogP contribution in [0.1, 0.15) is 17.3 Å². The second-order valence-corrected chi connectivity index (χ2v) is 7.60. The molecule has 0 saturated carbocycles. The summed E-state index contributed by atoms with van der Waals surface area (Å²) in [5.74, 6) is 0.246. The third-order valence-electron chi connectivity index (χ3n) is 3.98. The topological polar surface area (TPSA) is 60.5 Å². The van der Waals surface area contributed by atoms with Crippen molar-refractivity contribution in [3.8, 4) is 5.75 Å². The van der Waals surface area contributed by atoms with E-state index in [1.807, 2.05) is 19.1 Å². The van der Waals surface area contributed by atoms with Gasteiger partial charge in [-0.1, -0.05) is 40.6 Å². The average Bonchev–Trinajstić information content (AvgIpc) is 3.07. The van der Waals surface area contributed by atoms with Gasteiger partial charge in [-0.3, -0.25) is 4.79 Å². The van der Waals surface area contributed by atoms with Crippen molar-refractivity contribution in [2.45, 2.75) is 13.2 Å². The highest BCUT2D eigenvalue weighted by Crippen LogP contribution is 2.34. The van der Waals surface area contributed by atoms with Gasteiger partial charge in [0.2, 0.25) is 12.1 Å². The molecule has 0 saturated heterocycles. The molecule has 2 aromatic carbocycles. The summed E-state index contributed by atoms with van der Waals surface area (Å²) in [6.07, 6.45) is 0.764. The first-order valence-electron chi connectivity index (χ1n) is 8.21. The van der Waals surface area contributed by atoms with Gasteiger partial charge < -0.3 is 14.8 Å². The van der Waals surface area contributed by atoms with Crippen molar-refractivity contribution in [2.24, 2.45) is 0 Å². The number of benzene rings is 2. The monoisotopic (exact) mass is 420 g/mol. The van der Waals surface area contributed by atoms with Crippen LogP contribution in [0.2, 0.25) is 10.0 Å². The predicted molar refractivity (Wildman–Crippen MR) is 108 cm³/mol. The Kier molecular flexibility index (Phi) is 5.06. The zero-order valence-corrected chi connectivity index (χ0v) is 16.5. The van der Waals surface area contributed by atoms with E-state index in [0.29, 0.717) is 38.7 Å². The maximum Gasteiger partial charge on any atom is 0.232 e. The van der Waals surface area contributed by atoms with Crippen molar-refractivity contribution in [1.29, 1.82) is 0 Å². The maximum atomic E-state index is 12.9. The van der Waals surface area contributed by atoms with Gasteiger partial charge in [-0.05, 0) is 37.3 Å². The molecule has 0 amide bonds. The number of hydrogen-bond acceptors (Lipinski definition) is 6. The molecule has 3 aromatic rings. The Hall–Kier alpha value is -2.12. The zero-order chi connectivity index (χ0) is 19.0. The highest BCUT2D eigenvalue weighted by Gasteiger charge is 2.32. The number of ether oxygens (including phenoxy) is 2. The maximum absolute atomic E-state index is 12.9. The van der Waals surface area contributed by atoms with Crippen molar-refractivity contribution in [3.63, 3.8) is 0 Å². The number of hydrogen-bond donors (Lipinski definition) is 1. The molecule has 2 heterocycles. The third kappa shape index (κ3) is 3.53. The van der Waals surface area contributed by atoms with Crippen LogP contribution in [0.5, 0.6) is 5.75 Å². The molecule has 4 rings (SSSR count). The van der Waals surface area contributed by atoms with Gasteiger partial charge in [-0.2, -0.15) is 0 Å². The number of fused-ring (bicyclic) bond motifs is 2. The summed E-state index contributed by atoms with van der Waals surface area (Å²) in [6.45, 7) is 2.24. The number of thiazole rings is 1. The Balaban J connectivity index is 1.68. The van der Waals surface area contributed by atoms with Crippen molar-refractivity contribution < 1.29 is 14.3 Å². The normalized spacial score (nSPS) is 17.8. The molecule has 0 bridgehead atoms. The first kappa shape index (κ1) is 18.3. The number of nitrogens with one attached hydrogen (secondary N) is 1. The second kappa shape index (κ2) is 7.48. The fourth-order valence-corrected chi connectivity index (χ4v) is 4.06. The summed E-state index contributed by atoms with van der Waals surface area (Å²) in [5, 5.41) is 4.73. The number of halogens is 2. The molecule has 1 unspecified atom stereocenters. The molecule has 0 aliphatic carbocycles. The van der Waals surface area contributed by atoms with Crippen LogP contribution in [-0.2, 0) is 4.74 Å². The summed E-state index contributed by atoms with van der Waals surface area (Å²) >= 11 is 13.6. The minimum Gasteiger partial charge on any atom is -0.460 e. The number of para-hydroxylation sites is 1. The minimum absolute atomic E-state index is 0.205. The van der Waals surface area contributed by atoms with E-state index in [1.165, 1.54) is 11.3 Å². The van der Waals surface area contributed by atoms with Gasteiger partial charge in [0.25, 0.3) is 0 Å². The quantitative estimate of drug-likeness (QED) is 0.561. The predicted octanol–water partition coefficient (Wildman–Crippen LogP) is 5.54. The van der Waals surface area contributed by atoms with Gasteiger partial charge in [0.1, 0.15) is 11.3 Å². The lowest BCUT2D eigenvalue weighted by Crippen LogP contribution is -2.33. The molecule has 1 aliphatic heterocycles. The number of carbonyl (C=O) groups excluding carboxylic acids is 1. The van der Waals surface area contributed by atoms with E-state index in [4.69, 9.17) is 32.7 Å². The Bertz CT molecular complexity index is 1060. The summed E-state index contributed by atoms with van der Waals surface area (Å²) in [5.41, 5.74) is 1.46. The Morgan fingerprint density at radius 2 is 2.19 bits per heavy atom. The number of anilines is 1. The molecule has 0 spiro atoms. The van der Waals surface area contributed by atoms with Crippen molar-refractivity contribution in [3.05, 3.63) is 63.8 Å². The molecule has 1 aliphatic rings. The standard InChI is InChI=1S/C19H14Cl2N2O3S/c1-2-25-18-12(17(24)11-8-10(20)6-7-14(11)26-18)9-22-19-23-16-13(21)4-3-5-15(16)27-19/h3-9,18H,2H2,1H3,(H,22,23)/b12-9+. The van der Waals surface area contributed by atoms with Gasteiger partial charge in [0.15, 0.2) is 5.13 Å². The van der Waals surface area contributed by atoms with Gasteiger partial charge in [-0.15, -0.1) is 0 Å². The number of rotatable bonds is 4. The van der Waals surface area contributed by atoms with Crippen LogP contribution >= 0.6 is 34.5 Å². The largest absolute Gasteiger partial charge is 0.460 e. The number of nitrogens with zero attached hydrogens (tertiary/aromatic N) is 1. The van der Waals surface area contributed by atoms with Gasteiger partial charge in [0.05, 0.1) is 20.9 Å². The lowest BCUT2D eigenvalue weighted by atomic mass is 10.00. The highest BCUT2D eigenvalue weighted by molar-refractivity contribution is 7.22. The summed E-state index contributed by atoms with van der Waals surface area (Å²) in [7, 11) is 0. The van der Waals surface area contributed by atoms with Crippen LogP contribution in [0.4, 0.5) is 5.13 Å². The van der Waals surface area contributed by atoms with E-state index in [0.717, 1.165) is 10.2 Å². The van der Waals surface area contributed by atoms with Gasteiger partial charge in [0, 0.05) is 17.8 Å². The van der Waals surface area contributed by atoms with Crippen LogP contribution in [0.25, 0.3) is 10.2 Å². The van der Waals surface area contributed by atoms with Crippen molar-refractivity contribution >= 4 is 55.7 Å². The minimum atomic E-state index is -0.804. The van der Waals surface area contributed by atoms with E-state index in [9.17, 15) is 4.79 Å². The fraction of sp³-hybridized carbons (Fsp3) is 0.158. The molecule has 0 fully saturated rings. The molecule has 27 heavy (non-hydrogen) atoms. The van der Waals surface area contributed by atoms with Crippen molar-refractivity contribution in [2.75, 3.05) is 11.9 Å². The van der Waals surface area contributed by atoms with E-state index in [1.54, 1.807) is 30.5 Å². The molecule has 138 valence electrons. The molecule has 1 N–H and O–H groups in total. The van der Waals surface area contributed by atoms with Crippen LogP contribution in [0.15, 0.2) is 48.2 Å². The molecule has 1 aromatic heterocycles. The Morgan fingerprint density at radius 3 is 2.96 bits per heavy atom. The molecule has 0 radical (unpaired) electrons. The zero-order valence-electron chi connectivity index (χ0n) is 14.2. The number of aromatic nitrogens is 1. The van der Waals surface area contributed by atoms with E-state index in [2.05, 4.69) is 10.3 Å². The molecule has 5 nitrogen and oxygen atoms in total. The van der Waals surface area contributed by atoms with Crippen molar-refractivity contribution in [1.82, 2.24) is 4.98 Å². The van der Waals surface area contributed by atoms with Crippen LogP contribution in [0.3, 0.4) is 0 Å². The molecular formula is C19H14Cl2N2O3S. The summed E-state index contributed by atoms with van der Waals surface area (Å²) in [4.78, 5) is 17.4. The Labute approximate surface area is 169 Å². The number of Topliss-reactive ketones (excluding diaryl/α,β-unsaturated/α-hetero) is 1. The molecule has 1 atom stereocenters. The van der Waals surface area contributed by atoms with E-state index in [-0.39, 0.29) is 5.78 Å². The number of carbonyl (C=O) groups is 1. The second-order valence-electron chi connectivity index (χ2n) is 5.72. The first-order chi connectivity index (χ1) is 13.1. The molecular weight excluding hydrogens is 407 g/mol. The highest BCUT2D eigenvalue weighted by atomic mass is 35.5. The fourth-order valence-electron chi connectivity index (χ4n) is 2.75. The Morgan fingerprint density at radius 1 is 1.33 bits per heavy atom. The third-order valence-corrected chi connectivity index (χ3v) is 5.47. The van der Waals surface area contributed by atoms with Crippen LogP contribution in [0, 0.1) is 0 Å². The first-order valence-corrected chi connectivity index (χ1v) is 9.78. The van der Waals surface area contributed by atoms with Crippen LogP contribution in [-0.4, -0.2) is 23.7 Å². The van der Waals surface area contributed by atoms with Gasteiger partial charge in [-0.25, -0.2) is 4.98 Å². The summed E-state index contributed by atoms with van der Waals surface area (Å²) < 4.78 is 12.4.